The topological polar surface area (TPSA) is 25.8 Å². The molecule has 0 radical (unpaired) electrons. The third-order valence-corrected chi connectivity index (χ3v) is 13.7. The van der Waals surface area contributed by atoms with Crippen molar-refractivity contribution in [3.63, 3.8) is 0 Å². The van der Waals surface area contributed by atoms with Gasteiger partial charge >= 0.3 is 0 Å². The van der Waals surface area contributed by atoms with E-state index < -0.39 is 0 Å². The van der Waals surface area contributed by atoms with Gasteiger partial charge in [0.05, 0.1) is 11.7 Å². The van der Waals surface area contributed by atoms with Gasteiger partial charge in [0, 0.05) is 31.0 Å². The molecule has 3 aromatic heterocycles. The third-order valence-electron chi connectivity index (χ3n) is 10.4. The summed E-state index contributed by atoms with van der Waals surface area (Å²) >= 11 is 5.43. The quantitative estimate of drug-likeness (QED) is 0.0894. The molecule has 3 atom stereocenters. The molecule has 0 spiro atoms. The number of fused-ring (bicyclic) bond motifs is 4. The molecule has 1 aliphatic carbocycles. The average Bonchev–Trinajstić information content (AvgIpc) is 3.78. The standard InChI is InChI=1S/C39H54N2S3/c1-9-13-15-17-19-26(6)34-27(20-18-16-14-10-2)29-23-32(25(5)11-3)42-37(29)38-30(34)24-33(43-38)28-21-22-31(39(7,8)12-4)36-35(28)40-44-41-36/h21-25,27,34H,6,9-20H2,1-5,7-8H3. The first-order valence-corrected chi connectivity index (χ1v) is 19.8. The third kappa shape index (κ3) is 6.67. The first-order valence-electron chi connectivity index (χ1n) is 17.5. The lowest BCUT2D eigenvalue weighted by molar-refractivity contribution is 0.495. The van der Waals surface area contributed by atoms with E-state index in [0.29, 0.717) is 17.8 Å². The van der Waals surface area contributed by atoms with Crippen LogP contribution < -0.4 is 0 Å². The molecule has 3 heterocycles. The van der Waals surface area contributed by atoms with Crippen LogP contribution in [0.25, 0.3) is 31.2 Å². The molecular weight excluding hydrogens is 593 g/mol. The fourth-order valence-electron chi connectivity index (χ4n) is 7.02. The zero-order valence-corrected chi connectivity index (χ0v) is 30.8. The molecule has 44 heavy (non-hydrogen) atoms. The summed E-state index contributed by atoms with van der Waals surface area (Å²) in [6, 6.07) is 9.83. The molecule has 2 nitrogen and oxygen atoms in total. The summed E-state index contributed by atoms with van der Waals surface area (Å²) in [5, 5.41) is 0. The molecule has 0 saturated heterocycles. The highest BCUT2D eigenvalue weighted by Gasteiger charge is 2.38. The first kappa shape index (κ1) is 33.5. The number of rotatable bonds is 16. The van der Waals surface area contributed by atoms with Crippen LogP contribution in [0.2, 0.25) is 0 Å². The molecule has 1 aromatic carbocycles. The molecule has 0 amide bonds. The molecule has 1 aliphatic rings. The van der Waals surface area contributed by atoms with Crippen molar-refractivity contribution in [3.8, 4) is 20.2 Å². The van der Waals surface area contributed by atoms with Crippen LogP contribution in [0, 0.1) is 0 Å². The Hall–Kier alpha value is -1.82. The largest absolute Gasteiger partial charge is 0.173 e. The van der Waals surface area contributed by atoms with E-state index in [9.17, 15) is 0 Å². The van der Waals surface area contributed by atoms with Crippen LogP contribution >= 0.6 is 34.4 Å². The van der Waals surface area contributed by atoms with Gasteiger partial charge in [-0.2, -0.15) is 8.75 Å². The number of benzene rings is 1. The summed E-state index contributed by atoms with van der Waals surface area (Å²) in [5.74, 6) is 1.52. The Morgan fingerprint density at radius 2 is 1.57 bits per heavy atom. The second-order valence-electron chi connectivity index (χ2n) is 13.9. The van der Waals surface area contributed by atoms with E-state index in [0.717, 1.165) is 23.9 Å². The smallest absolute Gasteiger partial charge is 0.113 e. The summed E-state index contributed by atoms with van der Waals surface area (Å²) in [4.78, 5) is 5.93. The van der Waals surface area contributed by atoms with Crippen molar-refractivity contribution in [2.45, 2.75) is 149 Å². The highest BCUT2D eigenvalue weighted by Crippen LogP contribution is 2.59. The monoisotopic (exact) mass is 646 g/mol. The van der Waals surface area contributed by atoms with E-state index in [4.69, 9.17) is 15.3 Å². The molecule has 0 fully saturated rings. The highest BCUT2D eigenvalue weighted by molar-refractivity contribution is 7.24. The number of nitrogens with zero attached hydrogens (tertiary/aromatic N) is 2. The van der Waals surface area contributed by atoms with Crippen molar-refractivity contribution in [2.24, 2.45) is 0 Å². The summed E-state index contributed by atoms with van der Waals surface area (Å²) in [5.41, 5.74) is 9.40. The van der Waals surface area contributed by atoms with Gasteiger partial charge in [-0.05, 0) is 78.2 Å². The van der Waals surface area contributed by atoms with Crippen LogP contribution in [0.15, 0.2) is 36.4 Å². The molecular formula is C39H54N2S3. The number of thiophene rings is 2. The minimum Gasteiger partial charge on any atom is -0.173 e. The van der Waals surface area contributed by atoms with Crippen LogP contribution in [-0.4, -0.2) is 8.75 Å². The van der Waals surface area contributed by atoms with Crippen molar-refractivity contribution < 1.29 is 0 Å². The Balaban J connectivity index is 1.64. The van der Waals surface area contributed by atoms with E-state index >= 15 is 0 Å². The second kappa shape index (κ2) is 14.7. The zero-order chi connectivity index (χ0) is 31.4. The average molecular weight is 647 g/mol. The normalized spacial score (nSPS) is 17.2. The Bertz CT molecular complexity index is 1550. The van der Waals surface area contributed by atoms with Crippen molar-refractivity contribution in [2.75, 3.05) is 0 Å². The maximum absolute atomic E-state index is 4.90. The highest BCUT2D eigenvalue weighted by atomic mass is 32.1. The predicted molar refractivity (Wildman–Crippen MR) is 198 cm³/mol. The maximum atomic E-state index is 4.90. The summed E-state index contributed by atoms with van der Waals surface area (Å²) < 4.78 is 9.74. The van der Waals surface area contributed by atoms with Gasteiger partial charge < -0.3 is 0 Å². The van der Waals surface area contributed by atoms with Gasteiger partial charge in [0.15, 0.2) is 0 Å². The SMILES string of the molecule is C=C(CCCCCC)C1c2cc(-c3ccc(C(C)(C)CC)c4nsnc34)sc2-c2sc(C(C)CC)cc2C1CCCCCC. The number of hydrogen-bond acceptors (Lipinski definition) is 5. The molecule has 0 saturated carbocycles. The molecule has 5 rings (SSSR count). The molecule has 3 unspecified atom stereocenters. The fourth-order valence-corrected chi connectivity index (χ4v) is 10.4. The molecule has 0 N–H and O–H groups in total. The lowest BCUT2D eigenvalue weighted by Crippen LogP contribution is -2.17. The van der Waals surface area contributed by atoms with Gasteiger partial charge in [0.2, 0.25) is 0 Å². The van der Waals surface area contributed by atoms with Gasteiger partial charge in [-0.3, -0.25) is 0 Å². The van der Waals surface area contributed by atoms with Crippen LogP contribution in [-0.2, 0) is 5.41 Å². The molecule has 0 aliphatic heterocycles. The minimum atomic E-state index is 0.0745. The Labute approximate surface area is 279 Å². The Morgan fingerprint density at radius 1 is 0.864 bits per heavy atom. The number of aromatic nitrogens is 2. The number of unbranched alkanes of at least 4 members (excludes halogenated alkanes) is 6. The van der Waals surface area contributed by atoms with Gasteiger partial charge in [-0.25, -0.2) is 0 Å². The Morgan fingerprint density at radius 3 is 2.27 bits per heavy atom. The summed E-state index contributed by atoms with van der Waals surface area (Å²) in [6.45, 7) is 21.2. The molecule has 5 heteroatoms. The van der Waals surface area contributed by atoms with Gasteiger partial charge in [0.1, 0.15) is 11.0 Å². The first-order chi connectivity index (χ1) is 21.2. The van der Waals surface area contributed by atoms with E-state index in [1.165, 1.54) is 108 Å². The van der Waals surface area contributed by atoms with E-state index in [-0.39, 0.29) is 5.41 Å². The molecule has 4 aromatic rings. The van der Waals surface area contributed by atoms with Gasteiger partial charge in [0.25, 0.3) is 0 Å². The minimum absolute atomic E-state index is 0.0745. The van der Waals surface area contributed by atoms with Gasteiger partial charge in [-0.15, -0.1) is 22.7 Å². The van der Waals surface area contributed by atoms with Gasteiger partial charge in [-0.1, -0.05) is 118 Å². The molecule has 238 valence electrons. The number of allylic oxidation sites excluding steroid dienone is 1. The van der Waals surface area contributed by atoms with Crippen molar-refractivity contribution in [1.29, 1.82) is 0 Å². The van der Waals surface area contributed by atoms with Crippen molar-refractivity contribution >= 4 is 45.4 Å². The van der Waals surface area contributed by atoms with Crippen LogP contribution in [0.1, 0.15) is 165 Å². The zero-order valence-electron chi connectivity index (χ0n) is 28.4. The number of hydrogen-bond donors (Lipinski definition) is 0. The predicted octanol–water partition coefficient (Wildman–Crippen LogP) is 14.0. The summed E-state index contributed by atoms with van der Waals surface area (Å²) in [6.07, 6.45) is 15.1. The van der Waals surface area contributed by atoms with Crippen molar-refractivity contribution in [3.05, 3.63) is 58.0 Å². The molecule has 0 bridgehead atoms. The van der Waals surface area contributed by atoms with E-state index in [2.05, 4.69) is 84.1 Å². The van der Waals surface area contributed by atoms with Crippen molar-refractivity contribution in [1.82, 2.24) is 8.75 Å². The second-order valence-corrected chi connectivity index (χ2v) is 16.6. The lowest BCUT2D eigenvalue weighted by Gasteiger charge is -2.34. The fraction of sp³-hybridized carbons (Fsp3) is 0.590. The van der Waals surface area contributed by atoms with E-state index in [1.807, 2.05) is 11.3 Å². The maximum Gasteiger partial charge on any atom is 0.113 e. The van der Waals surface area contributed by atoms with Crippen LogP contribution in [0.5, 0.6) is 0 Å². The van der Waals surface area contributed by atoms with Crippen LogP contribution in [0.3, 0.4) is 0 Å². The van der Waals surface area contributed by atoms with Crippen LogP contribution in [0.4, 0.5) is 0 Å². The van der Waals surface area contributed by atoms with E-state index in [1.54, 1.807) is 15.3 Å². The lowest BCUT2D eigenvalue weighted by atomic mass is 9.70. The Kier molecular flexibility index (Phi) is 11.2. The summed E-state index contributed by atoms with van der Waals surface area (Å²) in [7, 11) is 0.